The minimum Gasteiger partial charge on any atom is -0.309 e. The molecule has 0 aliphatic heterocycles. The van der Waals surface area contributed by atoms with Crippen LogP contribution in [-0.4, -0.2) is 12.0 Å². The molecule has 1 unspecified atom stereocenters. The summed E-state index contributed by atoms with van der Waals surface area (Å²) in [6.07, 6.45) is 7.78. The second-order valence-corrected chi connectivity index (χ2v) is 5.26. The Kier molecular flexibility index (Phi) is 3.60. The van der Waals surface area contributed by atoms with Gasteiger partial charge >= 0.3 is 0 Å². The molecule has 1 saturated carbocycles. The van der Waals surface area contributed by atoms with Crippen molar-refractivity contribution in [1.82, 2.24) is 10.3 Å². The summed E-state index contributed by atoms with van der Waals surface area (Å²) in [5.41, 5.74) is 4.22. The summed E-state index contributed by atoms with van der Waals surface area (Å²) in [5.74, 6) is 0.758. The van der Waals surface area contributed by atoms with Crippen LogP contribution in [0, 0.1) is 0 Å². The molecule has 98 valence electrons. The highest BCUT2D eigenvalue weighted by molar-refractivity contribution is 5.39. The fraction of sp³-hybridized carbons (Fsp3) is 0.353. The Morgan fingerprint density at radius 1 is 1.11 bits per heavy atom. The summed E-state index contributed by atoms with van der Waals surface area (Å²) in [6, 6.07) is 13.3. The lowest BCUT2D eigenvalue weighted by molar-refractivity contribution is 0.415. The SMILES string of the molecule is CNC(c1ccncc1)c1ccccc1C1CCC1. The molecule has 0 amide bonds. The van der Waals surface area contributed by atoms with Crippen molar-refractivity contribution in [2.45, 2.75) is 31.2 Å². The van der Waals surface area contributed by atoms with Crippen LogP contribution in [0.15, 0.2) is 48.8 Å². The molecule has 0 radical (unpaired) electrons. The number of hydrogen-bond donors (Lipinski definition) is 1. The standard InChI is InChI=1S/C17H20N2/c1-18-17(14-9-11-19-12-10-14)16-8-3-2-7-15(16)13-5-4-6-13/h2-3,7-13,17-18H,4-6H2,1H3. The number of rotatable bonds is 4. The van der Waals surface area contributed by atoms with E-state index in [1.165, 1.54) is 36.0 Å². The van der Waals surface area contributed by atoms with E-state index >= 15 is 0 Å². The third-order valence-electron chi connectivity index (χ3n) is 4.18. The van der Waals surface area contributed by atoms with Gasteiger partial charge in [0.05, 0.1) is 6.04 Å². The van der Waals surface area contributed by atoms with Crippen molar-refractivity contribution in [2.75, 3.05) is 7.05 Å². The zero-order valence-corrected chi connectivity index (χ0v) is 11.3. The summed E-state index contributed by atoms with van der Waals surface area (Å²) in [4.78, 5) is 4.11. The van der Waals surface area contributed by atoms with Crippen molar-refractivity contribution in [3.8, 4) is 0 Å². The highest BCUT2D eigenvalue weighted by atomic mass is 14.9. The minimum atomic E-state index is 0.264. The maximum Gasteiger partial charge on any atom is 0.0578 e. The maximum absolute atomic E-state index is 4.11. The average molecular weight is 252 g/mol. The smallest absolute Gasteiger partial charge is 0.0578 e. The predicted molar refractivity (Wildman–Crippen MR) is 78.2 cm³/mol. The number of pyridine rings is 1. The van der Waals surface area contributed by atoms with E-state index in [4.69, 9.17) is 0 Å². The number of aromatic nitrogens is 1. The van der Waals surface area contributed by atoms with Crippen molar-refractivity contribution in [2.24, 2.45) is 0 Å². The Morgan fingerprint density at radius 2 is 1.84 bits per heavy atom. The molecule has 1 aromatic carbocycles. The van der Waals surface area contributed by atoms with Gasteiger partial charge in [-0.25, -0.2) is 0 Å². The van der Waals surface area contributed by atoms with Crippen LogP contribution in [0.4, 0.5) is 0 Å². The Morgan fingerprint density at radius 3 is 2.47 bits per heavy atom. The predicted octanol–water partition coefficient (Wildman–Crippen LogP) is 3.66. The van der Waals surface area contributed by atoms with Crippen LogP contribution in [0.5, 0.6) is 0 Å². The van der Waals surface area contributed by atoms with Crippen LogP contribution in [0.2, 0.25) is 0 Å². The molecule has 1 aliphatic carbocycles. The second-order valence-electron chi connectivity index (χ2n) is 5.26. The van der Waals surface area contributed by atoms with Crippen LogP contribution in [0.25, 0.3) is 0 Å². The highest BCUT2D eigenvalue weighted by Gasteiger charge is 2.24. The van der Waals surface area contributed by atoms with Gasteiger partial charge in [-0.05, 0) is 54.6 Å². The average Bonchev–Trinajstić information content (AvgIpc) is 2.41. The molecular weight excluding hydrogens is 232 g/mol. The molecule has 2 nitrogen and oxygen atoms in total. The first-order valence-electron chi connectivity index (χ1n) is 7.06. The van der Waals surface area contributed by atoms with E-state index in [2.05, 4.69) is 46.7 Å². The summed E-state index contributed by atoms with van der Waals surface area (Å²) >= 11 is 0. The summed E-state index contributed by atoms with van der Waals surface area (Å²) in [5, 5.41) is 3.45. The number of nitrogens with one attached hydrogen (secondary N) is 1. The van der Waals surface area contributed by atoms with Crippen molar-refractivity contribution in [3.05, 3.63) is 65.5 Å². The van der Waals surface area contributed by atoms with Crippen molar-refractivity contribution in [1.29, 1.82) is 0 Å². The van der Waals surface area contributed by atoms with Crippen LogP contribution in [-0.2, 0) is 0 Å². The molecule has 0 saturated heterocycles. The van der Waals surface area contributed by atoms with E-state index in [0.717, 1.165) is 5.92 Å². The fourth-order valence-electron chi connectivity index (χ4n) is 2.92. The van der Waals surface area contributed by atoms with Crippen LogP contribution in [0.1, 0.15) is 47.9 Å². The number of nitrogens with zero attached hydrogens (tertiary/aromatic N) is 1. The Hall–Kier alpha value is -1.67. The monoisotopic (exact) mass is 252 g/mol. The van der Waals surface area contributed by atoms with Crippen molar-refractivity contribution >= 4 is 0 Å². The lowest BCUT2D eigenvalue weighted by Gasteiger charge is -2.30. The lowest BCUT2D eigenvalue weighted by atomic mass is 9.76. The fourth-order valence-corrected chi connectivity index (χ4v) is 2.92. The van der Waals surface area contributed by atoms with Gasteiger partial charge in [-0.15, -0.1) is 0 Å². The second kappa shape index (κ2) is 5.54. The van der Waals surface area contributed by atoms with Gasteiger partial charge < -0.3 is 5.32 Å². The molecule has 1 atom stereocenters. The largest absolute Gasteiger partial charge is 0.309 e. The van der Waals surface area contributed by atoms with E-state index in [-0.39, 0.29) is 6.04 Å². The summed E-state index contributed by atoms with van der Waals surface area (Å²) in [6.45, 7) is 0. The molecule has 2 heteroatoms. The molecular formula is C17H20N2. The Labute approximate surface area is 114 Å². The van der Waals surface area contributed by atoms with E-state index in [1.54, 1.807) is 0 Å². The summed E-state index contributed by atoms with van der Waals surface area (Å²) < 4.78 is 0. The van der Waals surface area contributed by atoms with E-state index < -0.39 is 0 Å². The van der Waals surface area contributed by atoms with Crippen molar-refractivity contribution in [3.63, 3.8) is 0 Å². The van der Waals surface area contributed by atoms with E-state index in [9.17, 15) is 0 Å². The van der Waals surface area contributed by atoms with E-state index in [1.807, 2.05) is 19.4 Å². The Balaban J connectivity index is 1.99. The zero-order chi connectivity index (χ0) is 13.1. The minimum absolute atomic E-state index is 0.264. The Bertz CT molecular complexity index is 532. The first-order valence-corrected chi connectivity index (χ1v) is 7.06. The maximum atomic E-state index is 4.11. The van der Waals surface area contributed by atoms with Crippen molar-refractivity contribution < 1.29 is 0 Å². The first-order chi connectivity index (χ1) is 9.40. The van der Waals surface area contributed by atoms with Crippen LogP contribution >= 0.6 is 0 Å². The molecule has 1 N–H and O–H groups in total. The molecule has 0 bridgehead atoms. The normalized spacial score (nSPS) is 16.9. The highest BCUT2D eigenvalue weighted by Crippen LogP contribution is 2.40. The van der Waals surface area contributed by atoms with Gasteiger partial charge in [0.15, 0.2) is 0 Å². The van der Waals surface area contributed by atoms with Gasteiger partial charge in [-0.1, -0.05) is 30.7 Å². The molecule has 3 rings (SSSR count). The van der Waals surface area contributed by atoms with Gasteiger partial charge in [-0.2, -0.15) is 0 Å². The number of benzene rings is 1. The van der Waals surface area contributed by atoms with Gasteiger partial charge in [0.25, 0.3) is 0 Å². The quantitative estimate of drug-likeness (QED) is 0.898. The molecule has 1 aromatic heterocycles. The van der Waals surface area contributed by atoms with Gasteiger partial charge in [0.2, 0.25) is 0 Å². The third kappa shape index (κ3) is 2.41. The molecule has 1 heterocycles. The molecule has 1 aliphatic rings. The third-order valence-corrected chi connectivity index (χ3v) is 4.18. The molecule has 0 spiro atoms. The zero-order valence-electron chi connectivity index (χ0n) is 11.3. The number of hydrogen-bond acceptors (Lipinski definition) is 2. The molecule has 1 fully saturated rings. The first kappa shape index (κ1) is 12.4. The van der Waals surface area contributed by atoms with Crippen LogP contribution < -0.4 is 5.32 Å². The van der Waals surface area contributed by atoms with E-state index in [0.29, 0.717) is 0 Å². The molecule has 19 heavy (non-hydrogen) atoms. The van der Waals surface area contributed by atoms with Crippen LogP contribution in [0.3, 0.4) is 0 Å². The lowest BCUT2D eigenvalue weighted by Crippen LogP contribution is -2.21. The van der Waals surface area contributed by atoms with Gasteiger partial charge in [0.1, 0.15) is 0 Å². The topological polar surface area (TPSA) is 24.9 Å². The summed E-state index contributed by atoms with van der Waals surface area (Å²) in [7, 11) is 2.03. The van der Waals surface area contributed by atoms with Gasteiger partial charge in [-0.3, -0.25) is 4.98 Å². The van der Waals surface area contributed by atoms with Gasteiger partial charge in [0, 0.05) is 12.4 Å². The molecule has 2 aromatic rings.